The van der Waals surface area contributed by atoms with Crippen LogP contribution in [0.5, 0.6) is 0 Å². The Kier molecular flexibility index (Phi) is 5.06. The quantitative estimate of drug-likeness (QED) is 0.734. The number of nitrogens with one attached hydrogen (secondary N) is 2. The van der Waals surface area contributed by atoms with Crippen LogP contribution in [0, 0.1) is 5.82 Å². The Labute approximate surface area is 103 Å². The molecule has 1 unspecified atom stereocenters. The van der Waals surface area contributed by atoms with E-state index in [0.717, 1.165) is 0 Å². The second-order valence-electron chi connectivity index (χ2n) is 3.38. The lowest BCUT2D eigenvalue weighted by Gasteiger charge is -2.12. The van der Waals surface area contributed by atoms with E-state index in [1.54, 1.807) is 6.07 Å². The summed E-state index contributed by atoms with van der Waals surface area (Å²) in [6, 6.07) is 4.94. The van der Waals surface area contributed by atoms with E-state index in [9.17, 15) is 14.0 Å². The van der Waals surface area contributed by atoms with Crippen LogP contribution < -0.4 is 10.6 Å². The molecule has 1 rings (SSSR count). The van der Waals surface area contributed by atoms with Crippen molar-refractivity contribution in [2.45, 2.75) is 6.10 Å². The van der Waals surface area contributed by atoms with Gasteiger partial charge in [-0.25, -0.2) is 14.0 Å². The van der Waals surface area contributed by atoms with Crippen molar-refractivity contribution in [3.63, 3.8) is 0 Å². The van der Waals surface area contributed by atoms with Gasteiger partial charge in [0.05, 0.1) is 12.2 Å². The molecular weight excluding hydrogens is 243 g/mol. The Morgan fingerprint density at radius 3 is 2.67 bits per heavy atom. The standard InChI is InChI=1S/C11H13FN2O4/c1-18-9(10(15)16)6-13-11(17)14-8-5-3-2-4-7(8)12/h2-5,9H,6H2,1H3,(H,15,16)(H2,13,14,17). The van der Waals surface area contributed by atoms with Gasteiger partial charge < -0.3 is 20.5 Å². The van der Waals surface area contributed by atoms with Gasteiger partial charge in [-0.2, -0.15) is 0 Å². The molecule has 98 valence electrons. The van der Waals surface area contributed by atoms with Crippen molar-refractivity contribution in [1.29, 1.82) is 0 Å². The van der Waals surface area contributed by atoms with E-state index in [0.29, 0.717) is 0 Å². The number of amides is 2. The number of carboxylic acids is 1. The van der Waals surface area contributed by atoms with E-state index in [1.165, 1.54) is 25.3 Å². The van der Waals surface area contributed by atoms with Gasteiger partial charge in [-0.3, -0.25) is 0 Å². The zero-order chi connectivity index (χ0) is 13.5. The Hall–Kier alpha value is -2.15. The number of halogens is 1. The fourth-order valence-electron chi connectivity index (χ4n) is 1.19. The minimum Gasteiger partial charge on any atom is -0.479 e. The summed E-state index contributed by atoms with van der Waals surface area (Å²) in [5, 5.41) is 13.2. The van der Waals surface area contributed by atoms with Gasteiger partial charge in [0.2, 0.25) is 0 Å². The average Bonchev–Trinajstić information content (AvgIpc) is 2.32. The van der Waals surface area contributed by atoms with Crippen molar-refractivity contribution in [3.8, 4) is 0 Å². The van der Waals surface area contributed by atoms with Gasteiger partial charge in [0.1, 0.15) is 5.82 Å². The number of aliphatic carboxylic acids is 1. The molecule has 18 heavy (non-hydrogen) atoms. The lowest BCUT2D eigenvalue weighted by atomic mass is 10.3. The largest absolute Gasteiger partial charge is 0.479 e. The Morgan fingerprint density at radius 2 is 2.11 bits per heavy atom. The lowest BCUT2D eigenvalue weighted by Crippen LogP contribution is -2.39. The smallest absolute Gasteiger partial charge is 0.334 e. The van der Waals surface area contributed by atoms with Crippen LogP contribution in [0.25, 0.3) is 0 Å². The van der Waals surface area contributed by atoms with Crippen molar-refractivity contribution >= 4 is 17.7 Å². The highest BCUT2D eigenvalue weighted by atomic mass is 19.1. The molecule has 1 atom stereocenters. The number of ether oxygens (including phenoxy) is 1. The maximum absolute atomic E-state index is 13.2. The fourth-order valence-corrected chi connectivity index (χ4v) is 1.19. The first-order valence-electron chi connectivity index (χ1n) is 5.09. The van der Waals surface area contributed by atoms with E-state index in [-0.39, 0.29) is 12.2 Å². The first kappa shape index (κ1) is 13.9. The number of benzene rings is 1. The van der Waals surface area contributed by atoms with E-state index in [1.807, 2.05) is 0 Å². The third kappa shape index (κ3) is 4.02. The molecule has 1 aromatic rings. The summed E-state index contributed by atoms with van der Waals surface area (Å²) >= 11 is 0. The van der Waals surface area contributed by atoms with Crippen LogP contribution in [0.1, 0.15) is 0 Å². The molecule has 1 aromatic carbocycles. The first-order chi connectivity index (χ1) is 8.54. The zero-order valence-electron chi connectivity index (χ0n) is 9.64. The monoisotopic (exact) mass is 256 g/mol. The Morgan fingerprint density at radius 1 is 1.44 bits per heavy atom. The van der Waals surface area contributed by atoms with Crippen LogP contribution in [0.15, 0.2) is 24.3 Å². The van der Waals surface area contributed by atoms with Gasteiger partial charge in [-0.1, -0.05) is 12.1 Å². The van der Waals surface area contributed by atoms with E-state index >= 15 is 0 Å². The van der Waals surface area contributed by atoms with E-state index in [4.69, 9.17) is 5.11 Å². The summed E-state index contributed by atoms with van der Waals surface area (Å²) < 4.78 is 17.8. The van der Waals surface area contributed by atoms with Crippen LogP contribution in [0.4, 0.5) is 14.9 Å². The van der Waals surface area contributed by atoms with Gasteiger partial charge in [-0.15, -0.1) is 0 Å². The highest BCUT2D eigenvalue weighted by molar-refractivity contribution is 5.89. The van der Waals surface area contributed by atoms with E-state index < -0.39 is 23.9 Å². The number of carbonyl (C=O) groups excluding carboxylic acids is 1. The normalized spacial score (nSPS) is 11.7. The summed E-state index contributed by atoms with van der Waals surface area (Å²) in [5.74, 6) is -1.77. The van der Waals surface area contributed by atoms with Crippen LogP contribution in [-0.4, -0.2) is 36.9 Å². The summed E-state index contributed by atoms with van der Waals surface area (Å²) in [7, 11) is 1.22. The fraction of sp³-hybridized carbons (Fsp3) is 0.273. The summed E-state index contributed by atoms with van der Waals surface area (Å²) in [6.07, 6.45) is -1.14. The number of carboxylic acid groups (broad SMARTS) is 1. The SMILES string of the molecule is COC(CNC(=O)Nc1ccccc1F)C(=O)O. The number of anilines is 1. The predicted molar refractivity (Wildman–Crippen MR) is 61.9 cm³/mol. The minimum atomic E-state index is -1.19. The molecule has 0 spiro atoms. The van der Waals surface area contributed by atoms with Crippen molar-refractivity contribution in [1.82, 2.24) is 5.32 Å². The lowest BCUT2D eigenvalue weighted by molar-refractivity contribution is -0.147. The van der Waals surface area contributed by atoms with Gasteiger partial charge >= 0.3 is 12.0 Å². The highest BCUT2D eigenvalue weighted by Crippen LogP contribution is 2.11. The van der Waals surface area contributed by atoms with Crippen molar-refractivity contribution in [2.24, 2.45) is 0 Å². The van der Waals surface area contributed by atoms with E-state index in [2.05, 4.69) is 15.4 Å². The second-order valence-corrected chi connectivity index (χ2v) is 3.38. The summed E-state index contributed by atoms with van der Waals surface area (Å²) in [4.78, 5) is 22.0. The second kappa shape index (κ2) is 6.55. The maximum atomic E-state index is 13.2. The number of hydrogen-bond donors (Lipinski definition) is 3. The number of carbonyl (C=O) groups is 2. The summed E-state index contributed by atoms with van der Waals surface area (Å²) in [6.45, 7) is -0.216. The third-order valence-corrected chi connectivity index (χ3v) is 2.13. The van der Waals surface area contributed by atoms with Crippen molar-refractivity contribution in [2.75, 3.05) is 19.0 Å². The molecule has 0 aliphatic carbocycles. The van der Waals surface area contributed by atoms with Gasteiger partial charge in [0.15, 0.2) is 6.10 Å². The number of urea groups is 1. The van der Waals surface area contributed by atoms with Crippen LogP contribution >= 0.6 is 0 Å². The molecule has 6 nitrogen and oxygen atoms in total. The Bertz CT molecular complexity index is 439. The van der Waals surface area contributed by atoms with Crippen LogP contribution in [0.2, 0.25) is 0 Å². The molecule has 0 aromatic heterocycles. The number of para-hydroxylation sites is 1. The van der Waals surface area contributed by atoms with Crippen molar-refractivity contribution in [3.05, 3.63) is 30.1 Å². The molecule has 3 N–H and O–H groups in total. The topological polar surface area (TPSA) is 87.7 Å². The maximum Gasteiger partial charge on any atom is 0.334 e. The first-order valence-corrected chi connectivity index (χ1v) is 5.09. The predicted octanol–water partition coefficient (Wildman–Crippen LogP) is 1.05. The molecule has 2 amide bonds. The Balaban J connectivity index is 2.48. The van der Waals surface area contributed by atoms with Gasteiger partial charge in [0.25, 0.3) is 0 Å². The number of methoxy groups -OCH3 is 1. The molecule has 7 heteroatoms. The third-order valence-electron chi connectivity index (χ3n) is 2.13. The molecule has 0 aliphatic rings. The average molecular weight is 256 g/mol. The molecule has 0 saturated carbocycles. The highest BCUT2D eigenvalue weighted by Gasteiger charge is 2.17. The molecule has 0 heterocycles. The molecule has 0 bridgehead atoms. The zero-order valence-corrected chi connectivity index (χ0v) is 9.64. The summed E-state index contributed by atoms with van der Waals surface area (Å²) in [5.41, 5.74) is 0.0132. The van der Waals surface area contributed by atoms with Crippen LogP contribution in [0.3, 0.4) is 0 Å². The van der Waals surface area contributed by atoms with Gasteiger partial charge in [-0.05, 0) is 12.1 Å². The molecule has 0 fully saturated rings. The number of hydrogen-bond acceptors (Lipinski definition) is 3. The van der Waals surface area contributed by atoms with Gasteiger partial charge in [0, 0.05) is 7.11 Å². The molecule has 0 saturated heterocycles. The molecule has 0 radical (unpaired) electrons. The molecular formula is C11H13FN2O4. The van der Waals surface area contributed by atoms with Crippen LogP contribution in [-0.2, 0) is 9.53 Å². The minimum absolute atomic E-state index is 0.0132. The number of rotatable bonds is 5. The van der Waals surface area contributed by atoms with Crippen molar-refractivity contribution < 1.29 is 23.8 Å². The molecule has 0 aliphatic heterocycles.